The lowest BCUT2D eigenvalue weighted by atomic mass is 9.94. The van der Waals surface area contributed by atoms with E-state index in [9.17, 15) is 18.3 Å². The van der Waals surface area contributed by atoms with Gasteiger partial charge in [-0.25, -0.2) is 8.42 Å². The monoisotopic (exact) mass is 261 g/mol. The van der Waals surface area contributed by atoms with Crippen LogP contribution in [0.4, 0.5) is 0 Å². The second-order valence-corrected chi connectivity index (χ2v) is 7.74. The van der Waals surface area contributed by atoms with Crippen molar-refractivity contribution < 1.29 is 18.3 Å². The molecule has 5 nitrogen and oxygen atoms in total. The zero-order valence-corrected chi connectivity index (χ0v) is 11.0. The Morgan fingerprint density at radius 2 is 2.00 bits per heavy atom. The molecule has 1 heterocycles. The predicted molar refractivity (Wildman–Crippen MR) is 63.0 cm³/mol. The maximum absolute atomic E-state index is 12.1. The number of carbonyl (C=O) groups is 1. The molecule has 0 spiro atoms. The van der Waals surface area contributed by atoms with E-state index in [-0.39, 0.29) is 11.8 Å². The average Bonchev–Trinajstić information content (AvgIpc) is 2.74. The van der Waals surface area contributed by atoms with Crippen LogP contribution in [0.3, 0.4) is 0 Å². The smallest absolute Gasteiger partial charge is 0.322 e. The van der Waals surface area contributed by atoms with Gasteiger partial charge in [-0.2, -0.15) is 4.31 Å². The van der Waals surface area contributed by atoms with Crippen molar-refractivity contribution in [3.05, 3.63) is 0 Å². The van der Waals surface area contributed by atoms with Gasteiger partial charge in [0.25, 0.3) is 0 Å². The van der Waals surface area contributed by atoms with Gasteiger partial charge in [0.15, 0.2) is 0 Å². The van der Waals surface area contributed by atoms with Crippen LogP contribution in [0.25, 0.3) is 0 Å². The molecule has 0 amide bonds. The van der Waals surface area contributed by atoms with Crippen LogP contribution >= 0.6 is 0 Å². The first-order valence-corrected chi connectivity index (χ1v) is 7.59. The summed E-state index contributed by atoms with van der Waals surface area (Å²) in [6, 6.07) is -0.838. The third kappa shape index (κ3) is 1.97. The lowest BCUT2D eigenvalue weighted by Gasteiger charge is -2.25. The molecule has 1 saturated heterocycles. The quantitative estimate of drug-likeness (QED) is 0.819. The Labute approximate surface area is 102 Å². The lowest BCUT2D eigenvalue weighted by molar-refractivity contribution is -0.142. The highest BCUT2D eigenvalue weighted by Gasteiger charge is 2.52. The molecule has 3 unspecified atom stereocenters. The second kappa shape index (κ2) is 4.24. The van der Waals surface area contributed by atoms with E-state index < -0.39 is 27.3 Å². The van der Waals surface area contributed by atoms with E-state index >= 15 is 0 Å². The normalized spacial score (nSPS) is 34.2. The van der Waals surface area contributed by atoms with Gasteiger partial charge in [-0.05, 0) is 38.5 Å². The van der Waals surface area contributed by atoms with Gasteiger partial charge in [0.2, 0.25) is 10.0 Å². The van der Waals surface area contributed by atoms with Crippen molar-refractivity contribution in [2.45, 2.75) is 44.4 Å². The minimum atomic E-state index is -3.46. The molecule has 1 saturated carbocycles. The fourth-order valence-corrected chi connectivity index (χ4v) is 4.61. The minimum absolute atomic E-state index is 0.0148. The lowest BCUT2D eigenvalue weighted by Crippen LogP contribution is -2.45. The van der Waals surface area contributed by atoms with Crippen molar-refractivity contribution in [1.82, 2.24) is 4.31 Å². The van der Waals surface area contributed by atoms with Gasteiger partial charge in [-0.3, -0.25) is 4.79 Å². The number of sulfonamides is 1. The molecule has 0 aromatic rings. The van der Waals surface area contributed by atoms with E-state index in [0.29, 0.717) is 6.54 Å². The molecule has 0 aromatic heterocycles. The second-order valence-electron chi connectivity index (χ2n) is 5.30. The fourth-order valence-electron chi connectivity index (χ4n) is 3.11. The SMILES string of the molecule is CC(C)S(=O)(=O)N1CC2CCCC2C1C(=O)O. The molecule has 17 heavy (non-hydrogen) atoms. The highest BCUT2D eigenvalue weighted by Crippen LogP contribution is 2.43. The van der Waals surface area contributed by atoms with Crippen LogP contribution in [0.2, 0.25) is 0 Å². The molecule has 6 heteroatoms. The molecule has 0 bridgehead atoms. The standard InChI is InChI=1S/C11H19NO4S/c1-7(2)17(15,16)12-6-8-4-3-5-9(8)10(12)11(13)14/h7-10H,3-6H2,1-2H3,(H,13,14). The molecule has 2 aliphatic rings. The number of hydrogen-bond donors (Lipinski definition) is 1. The van der Waals surface area contributed by atoms with Crippen LogP contribution in [-0.4, -0.2) is 41.6 Å². The van der Waals surface area contributed by atoms with Gasteiger partial charge in [0.05, 0.1) is 5.25 Å². The Morgan fingerprint density at radius 3 is 2.53 bits per heavy atom. The molecule has 0 radical (unpaired) electrons. The van der Waals surface area contributed by atoms with Crippen molar-refractivity contribution in [3.8, 4) is 0 Å². The molecule has 1 aliphatic carbocycles. The number of carboxylic acid groups (broad SMARTS) is 1. The van der Waals surface area contributed by atoms with E-state index in [1.807, 2.05) is 0 Å². The summed E-state index contributed by atoms with van der Waals surface area (Å²) in [5, 5.41) is 8.72. The van der Waals surface area contributed by atoms with Gasteiger partial charge in [-0.15, -0.1) is 0 Å². The first kappa shape index (κ1) is 12.8. The summed E-state index contributed by atoms with van der Waals surface area (Å²) < 4.78 is 25.5. The van der Waals surface area contributed by atoms with Crippen LogP contribution < -0.4 is 0 Å². The Bertz CT molecular complexity index is 417. The molecule has 1 N–H and O–H groups in total. The zero-order chi connectivity index (χ0) is 12.8. The Balaban J connectivity index is 2.32. The van der Waals surface area contributed by atoms with Gasteiger partial charge in [0, 0.05) is 6.54 Å². The highest BCUT2D eigenvalue weighted by molar-refractivity contribution is 7.89. The van der Waals surface area contributed by atoms with Crippen molar-refractivity contribution in [3.63, 3.8) is 0 Å². The molecule has 98 valence electrons. The highest BCUT2D eigenvalue weighted by atomic mass is 32.2. The molecule has 2 fully saturated rings. The number of aliphatic carboxylic acids is 1. The topological polar surface area (TPSA) is 74.7 Å². The fraction of sp³-hybridized carbons (Fsp3) is 0.909. The number of fused-ring (bicyclic) bond motifs is 1. The molecule has 2 rings (SSSR count). The maximum Gasteiger partial charge on any atom is 0.322 e. The molecule has 0 aromatic carbocycles. The van der Waals surface area contributed by atoms with Gasteiger partial charge in [0.1, 0.15) is 6.04 Å². The Morgan fingerprint density at radius 1 is 1.35 bits per heavy atom. The van der Waals surface area contributed by atoms with Gasteiger partial charge < -0.3 is 5.11 Å². The summed E-state index contributed by atoms with van der Waals surface area (Å²) in [5.74, 6) is -0.741. The van der Waals surface area contributed by atoms with E-state index in [1.165, 1.54) is 4.31 Å². The summed E-state index contributed by atoms with van der Waals surface area (Å²) >= 11 is 0. The Kier molecular flexibility index (Phi) is 3.20. The van der Waals surface area contributed by atoms with Crippen LogP contribution in [0, 0.1) is 11.8 Å². The number of nitrogens with zero attached hydrogens (tertiary/aromatic N) is 1. The van der Waals surface area contributed by atoms with Crippen LogP contribution in [0.5, 0.6) is 0 Å². The number of rotatable bonds is 3. The molecule has 1 aliphatic heterocycles. The van der Waals surface area contributed by atoms with E-state index in [1.54, 1.807) is 13.8 Å². The summed E-state index contributed by atoms with van der Waals surface area (Å²) in [6.45, 7) is 3.59. The minimum Gasteiger partial charge on any atom is -0.480 e. The van der Waals surface area contributed by atoms with Crippen LogP contribution in [0.1, 0.15) is 33.1 Å². The van der Waals surface area contributed by atoms with E-state index in [2.05, 4.69) is 0 Å². The van der Waals surface area contributed by atoms with Crippen LogP contribution in [0.15, 0.2) is 0 Å². The number of hydrogen-bond acceptors (Lipinski definition) is 3. The predicted octanol–water partition coefficient (Wildman–Crippen LogP) is 0.910. The summed E-state index contributed by atoms with van der Waals surface area (Å²) in [4.78, 5) is 11.3. The summed E-state index contributed by atoms with van der Waals surface area (Å²) in [6.07, 6.45) is 2.82. The molecular formula is C11H19NO4S. The summed E-state index contributed by atoms with van der Waals surface area (Å²) in [5.41, 5.74) is 0. The van der Waals surface area contributed by atoms with Crippen molar-refractivity contribution >= 4 is 16.0 Å². The summed E-state index contributed by atoms with van der Waals surface area (Å²) in [7, 11) is -3.46. The van der Waals surface area contributed by atoms with Crippen LogP contribution in [-0.2, 0) is 14.8 Å². The first-order chi connectivity index (χ1) is 7.85. The zero-order valence-electron chi connectivity index (χ0n) is 10.2. The van der Waals surface area contributed by atoms with Crippen molar-refractivity contribution in [2.24, 2.45) is 11.8 Å². The van der Waals surface area contributed by atoms with Gasteiger partial charge in [-0.1, -0.05) is 6.42 Å². The van der Waals surface area contributed by atoms with Crippen molar-refractivity contribution in [2.75, 3.05) is 6.54 Å². The maximum atomic E-state index is 12.1. The third-order valence-electron chi connectivity index (χ3n) is 4.02. The van der Waals surface area contributed by atoms with Crippen molar-refractivity contribution in [1.29, 1.82) is 0 Å². The molecular weight excluding hydrogens is 242 g/mol. The Hall–Kier alpha value is -0.620. The largest absolute Gasteiger partial charge is 0.480 e. The van der Waals surface area contributed by atoms with E-state index in [4.69, 9.17) is 0 Å². The first-order valence-electron chi connectivity index (χ1n) is 6.09. The third-order valence-corrected chi connectivity index (χ3v) is 6.25. The molecule has 3 atom stereocenters. The van der Waals surface area contributed by atoms with Gasteiger partial charge >= 0.3 is 5.97 Å². The average molecular weight is 261 g/mol. The van der Waals surface area contributed by atoms with E-state index in [0.717, 1.165) is 19.3 Å². The number of carboxylic acids is 1.